The van der Waals surface area contributed by atoms with Gasteiger partial charge in [-0.05, 0) is 43.7 Å². The zero-order chi connectivity index (χ0) is 14.8. The highest BCUT2D eigenvalue weighted by atomic mass is 16.4. The lowest BCUT2D eigenvalue weighted by atomic mass is 9.78. The fourth-order valence-corrected chi connectivity index (χ4v) is 3.69. The first-order valence-corrected chi connectivity index (χ1v) is 7.67. The second-order valence-electron chi connectivity index (χ2n) is 5.99. The molecule has 1 aliphatic carbocycles. The number of pyridine rings is 1. The molecular formula is C16H20N2O3. The van der Waals surface area contributed by atoms with Gasteiger partial charge in [-0.15, -0.1) is 0 Å². The Kier molecular flexibility index (Phi) is 3.90. The van der Waals surface area contributed by atoms with Crippen LogP contribution < -0.4 is 0 Å². The molecule has 1 aliphatic heterocycles. The first-order valence-electron chi connectivity index (χ1n) is 7.67. The van der Waals surface area contributed by atoms with E-state index in [1.165, 1.54) is 37.9 Å². The van der Waals surface area contributed by atoms with Gasteiger partial charge in [0.1, 0.15) is 5.69 Å². The number of carboxylic acid groups (broad SMARTS) is 1. The minimum atomic E-state index is -1.07. The average Bonchev–Trinajstić information content (AvgIpc) is 2.53. The summed E-state index contributed by atoms with van der Waals surface area (Å²) < 4.78 is 0. The van der Waals surface area contributed by atoms with Crippen molar-refractivity contribution in [3.63, 3.8) is 0 Å². The van der Waals surface area contributed by atoms with Crippen LogP contribution in [0.25, 0.3) is 0 Å². The number of carbonyl (C=O) groups is 2. The van der Waals surface area contributed by atoms with Crippen molar-refractivity contribution in [3.8, 4) is 0 Å². The maximum absolute atomic E-state index is 12.7. The zero-order valence-corrected chi connectivity index (χ0v) is 12.0. The number of rotatable bonds is 2. The molecule has 21 heavy (non-hydrogen) atoms. The number of piperidine rings is 1. The van der Waals surface area contributed by atoms with Crippen molar-refractivity contribution in [2.45, 2.75) is 44.6 Å². The van der Waals surface area contributed by atoms with E-state index in [0.717, 1.165) is 19.4 Å². The van der Waals surface area contributed by atoms with Crippen molar-refractivity contribution < 1.29 is 14.7 Å². The number of nitrogens with zero attached hydrogens (tertiary/aromatic N) is 2. The minimum Gasteiger partial charge on any atom is -0.477 e. The van der Waals surface area contributed by atoms with E-state index < -0.39 is 5.97 Å². The summed E-state index contributed by atoms with van der Waals surface area (Å²) in [6.07, 6.45) is 8.47. The molecule has 5 nitrogen and oxygen atoms in total. The van der Waals surface area contributed by atoms with E-state index in [4.69, 9.17) is 5.11 Å². The lowest BCUT2D eigenvalue weighted by Gasteiger charge is -2.44. The predicted molar refractivity (Wildman–Crippen MR) is 77.2 cm³/mol. The van der Waals surface area contributed by atoms with E-state index in [1.807, 2.05) is 4.90 Å². The first kappa shape index (κ1) is 14.0. The number of aromatic nitrogens is 1. The van der Waals surface area contributed by atoms with E-state index in [0.29, 0.717) is 17.5 Å². The monoisotopic (exact) mass is 288 g/mol. The Morgan fingerprint density at radius 2 is 1.90 bits per heavy atom. The molecule has 1 saturated heterocycles. The Morgan fingerprint density at radius 1 is 1.14 bits per heavy atom. The summed E-state index contributed by atoms with van der Waals surface area (Å²) in [5.41, 5.74) is 0.465. The number of carboxylic acids is 1. The molecule has 1 saturated carbocycles. The lowest BCUT2D eigenvalue weighted by molar-refractivity contribution is 0.0389. The zero-order valence-electron chi connectivity index (χ0n) is 12.0. The molecule has 1 aromatic heterocycles. The number of carbonyl (C=O) groups excluding carboxylic acids is 1. The molecule has 3 rings (SSSR count). The predicted octanol–water partition coefficient (Wildman–Crippen LogP) is 2.57. The van der Waals surface area contributed by atoms with E-state index in [-0.39, 0.29) is 11.6 Å². The van der Waals surface area contributed by atoms with Gasteiger partial charge in [0.25, 0.3) is 5.91 Å². The number of likely N-dealkylation sites (tertiary alicyclic amines) is 1. The molecule has 2 fully saturated rings. The number of amides is 1. The molecule has 0 radical (unpaired) electrons. The van der Waals surface area contributed by atoms with Crippen LogP contribution in [0.2, 0.25) is 0 Å². The topological polar surface area (TPSA) is 70.5 Å². The molecule has 112 valence electrons. The SMILES string of the molecule is O=C(O)c1ccc(C(=O)N2CCCC3CCCCC32)cn1. The van der Waals surface area contributed by atoms with Crippen LogP contribution in [0.15, 0.2) is 18.3 Å². The van der Waals surface area contributed by atoms with Gasteiger partial charge >= 0.3 is 5.97 Å². The number of aromatic carboxylic acids is 1. The van der Waals surface area contributed by atoms with E-state index >= 15 is 0 Å². The molecular weight excluding hydrogens is 268 g/mol. The number of fused-ring (bicyclic) bond motifs is 1. The summed E-state index contributed by atoms with van der Waals surface area (Å²) >= 11 is 0. The molecule has 2 atom stereocenters. The second-order valence-corrected chi connectivity index (χ2v) is 5.99. The summed E-state index contributed by atoms with van der Waals surface area (Å²) in [4.78, 5) is 29.3. The molecule has 0 bridgehead atoms. The van der Waals surface area contributed by atoms with Crippen molar-refractivity contribution in [3.05, 3.63) is 29.6 Å². The van der Waals surface area contributed by atoms with Crippen molar-refractivity contribution in [2.75, 3.05) is 6.54 Å². The molecule has 2 aliphatic rings. The quantitative estimate of drug-likeness (QED) is 0.908. The number of hydrogen-bond acceptors (Lipinski definition) is 3. The number of hydrogen-bond donors (Lipinski definition) is 1. The lowest BCUT2D eigenvalue weighted by Crippen LogP contribution is -2.49. The molecule has 2 unspecified atom stereocenters. The molecule has 0 spiro atoms. The van der Waals surface area contributed by atoms with Crippen LogP contribution in [-0.4, -0.2) is 39.5 Å². The third-order valence-electron chi connectivity index (χ3n) is 4.73. The van der Waals surface area contributed by atoms with Crippen LogP contribution >= 0.6 is 0 Å². The van der Waals surface area contributed by atoms with Crippen molar-refractivity contribution in [1.29, 1.82) is 0 Å². The van der Waals surface area contributed by atoms with Gasteiger partial charge in [-0.25, -0.2) is 9.78 Å². The highest BCUT2D eigenvalue weighted by molar-refractivity contribution is 5.95. The molecule has 0 aromatic carbocycles. The van der Waals surface area contributed by atoms with Crippen LogP contribution in [0.1, 0.15) is 59.4 Å². The Morgan fingerprint density at radius 3 is 2.62 bits per heavy atom. The smallest absolute Gasteiger partial charge is 0.354 e. The molecule has 1 amide bonds. The van der Waals surface area contributed by atoms with E-state index in [1.54, 1.807) is 6.07 Å². The molecule has 1 aromatic rings. The van der Waals surface area contributed by atoms with Crippen LogP contribution in [0.5, 0.6) is 0 Å². The molecule has 1 N–H and O–H groups in total. The third-order valence-corrected chi connectivity index (χ3v) is 4.73. The van der Waals surface area contributed by atoms with Gasteiger partial charge < -0.3 is 10.0 Å². The normalized spacial score (nSPS) is 25.2. The Labute approximate surface area is 124 Å². The van der Waals surface area contributed by atoms with Crippen LogP contribution in [0, 0.1) is 5.92 Å². The van der Waals surface area contributed by atoms with Gasteiger partial charge in [0, 0.05) is 18.8 Å². The highest BCUT2D eigenvalue weighted by Gasteiger charge is 2.36. The van der Waals surface area contributed by atoms with Crippen LogP contribution in [0.4, 0.5) is 0 Å². The summed E-state index contributed by atoms with van der Waals surface area (Å²) in [7, 11) is 0. The van der Waals surface area contributed by atoms with Gasteiger partial charge in [-0.1, -0.05) is 12.8 Å². The van der Waals surface area contributed by atoms with Crippen LogP contribution in [-0.2, 0) is 0 Å². The molecule has 2 heterocycles. The maximum atomic E-state index is 12.7. The van der Waals surface area contributed by atoms with E-state index in [9.17, 15) is 9.59 Å². The van der Waals surface area contributed by atoms with Gasteiger partial charge in [-0.3, -0.25) is 4.79 Å². The second kappa shape index (κ2) is 5.84. The fourth-order valence-electron chi connectivity index (χ4n) is 3.69. The summed E-state index contributed by atoms with van der Waals surface area (Å²) in [6, 6.07) is 3.34. The summed E-state index contributed by atoms with van der Waals surface area (Å²) in [5.74, 6) is -0.432. The Bertz CT molecular complexity index is 539. The summed E-state index contributed by atoms with van der Waals surface area (Å²) in [6.45, 7) is 0.806. The van der Waals surface area contributed by atoms with E-state index in [2.05, 4.69) is 4.98 Å². The van der Waals surface area contributed by atoms with Crippen molar-refractivity contribution in [1.82, 2.24) is 9.88 Å². The summed E-state index contributed by atoms with van der Waals surface area (Å²) in [5, 5.41) is 8.86. The van der Waals surface area contributed by atoms with Crippen molar-refractivity contribution in [2.24, 2.45) is 5.92 Å². The van der Waals surface area contributed by atoms with Crippen molar-refractivity contribution >= 4 is 11.9 Å². The van der Waals surface area contributed by atoms with Gasteiger partial charge in [0.15, 0.2) is 0 Å². The average molecular weight is 288 g/mol. The molecule has 5 heteroatoms. The third kappa shape index (κ3) is 2.77. The first-order chi connectivity index (χ1) is 10.2. The van der Waals surface area contributed by atoms with Gasteiger partial charge in [0.2, 0.25) is 0 Å². The maximum Gasteiger partial charge on any atom is 0.354 e. The highest BCUT2D eigenvalue weighted by Crippen LogP contribution is 2.35. The largest absolute Gasteiger partial charge is 0.477 e. The Hall–Kier alpha value is -1.91. The standard InChI is InChI=1S/C16H20N2O3/c19-15(12-7-8-13(16(20)21)17-10-12)18-9-3-5-11-4-1-2-6-14(11)18/h7-8,10-11,14H,1-6,9H2,(H,20,21). The minimum absolute atomic E-state index is 0.00367. The van der Waals surface area contributed by atoms with Crippen LogP contribution in [0.3, 0.4) is 0 Å². The fraction of sp³-hybridized carbons (Fsp3) is 0.562. The van der Waals surface area contributed by atoms with Gasteiger partial charge in [-0.2, -0.15) is 0 Å². The Balaban J connectivity index is 1.78. The van der Waals surface area contributed by atoms with Gasteiger partial charge in [0.05, 0.1) is 5.56 Å².